The quantitative estimate of drug-likeness (QED) is 0.271. The van der Waals surface area contributed by atoms with E-state index in [1.165, 1.54) is 0 Å². The summed E-state index contributed by atoms with van der Waals surface area (Å²) in [5.41, 5.74) is 3.48. The van der Waals surface area contributed by atoms with Crippen LogP contribution in [-0.4, -0.2) is 66.3 Å². The molecule has 0 unspecified atom stereocenters. The molecule has 2 aromatic carbocycles. The number of hydrogen-bond acceptors (Lipinski definition) is 6. The predicted molar refractivity (Wildman–Crippen MR) is 154 cm³/mol. The third-order valence-electron chi connectivity index (χ3n) is 5.81. The van der Waals surface area contributed by atoms with Crippen molar-refractivity contribution in [2.75, 3.05) is 55.9 Å². The van der Waals surface area contributed by atoms with Crippen molar-refractivity contribution in [2.24, 2.45) is 4.99 Å². The summed E-state index contributed by atoms with van der Waals surface area (Å²) in [6, 6.07) is 15.3. The first-order valence-electron chi connectivity index (χ1n) is 11.8. The van der Waals surface area contributed by atoms with E-state index in [4.69, 9.17) is 38.3 Å². The van der Waals surface area contributed by atoms with Crippen molar-refractivity contribution in [3.8, 4) is 11.5 Å². The maximum Gasteiger partial charge on any atom is 0.229 e. The first-order chi connectivity index (χ1) is 17.8. The Balaban J connectivity index is 1.56. The second-order valence-corrected chi connectivity index (χ2v) is 9.31. The lowest BCUT2D eigenvalue weighted by molar-refractivity contribution is 0.385. The largest absolute Gasteiger partial charge is 0.497 e. The van der Waals surface area contributed by atoms with E-state index in [-0.39, 0.29) is 5.11 Å². The van der Waals surface area contributed by atoms with Gasteiger partial charge in [-0.2, -0.15) is 4.99 Å². The second-order valence-electron chi connectivity index (χ2n) is 8.49. The van der Waals surface area contributed by atoms with E-state index in [2.05, 4.69) is 36.5 Å². The highest BCUT2D eigenvalue weighted by atomic mass is 35.5. The fourth-order valence-corrected chi connectivity index (χ4v) is 4.44. The van der Waals surface area contributed by atoms with E-state index in [1.807, 2.05) is 56.3 Å². The van der Waals surface area contributed by atoms with Crippen molar-refractivity contribution in [3.05, 3.63) is 64.9 Å². The maximum atomic E-state index is 6.21. The number of thiocarbonyl (C=S) groups is 1. The molecule has 0 atom stereocenters. The molecule has 9 nitrogen and oxygen atoms in total. The summed E-state index contributed by atoms with van der Waals surface area (Å²) in [5, 5.41) is 7.44. The Bertz CT molecular complexity index is 1280. The highest BCUT2D eigenvalue weighted by molar-refractivity contribution is 7.80. The molecule has 1 saturated heterocycles. The smallest absolute Gasteiger partial charge is 0.229 e. The molecule has 0 amide bonds. The SMILES string of the molecule is COc1ccc(OC)c(NC(=S)/N=C(/Nc2nc(C)cc(C)n2)N2CCN(c3cccc(Cl)c3)CC2)c1. The van der Waals surface area contributed by atoms with Gasteiger partial charge in [0.05, 0.1) is 19.9 Å². The number of hydrogen-bond donors (Lipinski definition) is 2. The van der Waals surface area contributed by atoms with E-state index in [0.29, 0.717) is 42.2 Å². The van der Waals surface area contributed by atoms with E-state index in [1.54, 1.807) is 14.2 Å². The Morgan fingerprint density at radius 2 is 1.68 bits per heavy atom. The van der Waals surface area contributed by atoms with E-state index in [9.17, 15) is 0 Å². The standard InChI is InChI=1S/C26H30ClN7O2S/c1-17-14-18(2)29-24(28-17)31-25(32-26(37)30-22-16-21(35-3)8-9-23(22)36-4)34-12-10-33(11-13-34)20-7-5-6-19(27)15-20/h5-9,14-16H,10-13H2,1-4H3,(H2,28,29,30,31,32,37). The number of halogens is 1. The van der Waals surface area contributed by atoms with Crippen molar-refractivity contribution in [2.45, 2.75) is 13.8 Å². The number of ether oxygens (including phenoxy) is 2. The molecule has 0 bridgehead atoms. The van der Waals surface area contributed by atoms with Crippen molar-refractivity contribution in [1.29, 1.82) is 0 Å². The number of rotatable bonds is 5. The van der Waals surface area contributed by atoms with Gasteiger partial charge < -0.3 is 24.6 Å². The van der Waals surface area contributed by atoms with E-state index in [0.717, 1.165) is 35.2 Å². The first kappa shape index (κ1) is 26.4. The summed E-state index contributed by atoms with van der Waals surface area (Å²) in [6.45, 7) is 6.88. The molecule has 4 rings (SSSR count). The molecule has 1 aliphatic rings. The molecule has 1 aliphatic heterocycles. The Morgan fingerprint density at radius 1 is 0.946 bits per heavy atom. The van der Waals surface area contributed by atoms with Crippen LogP contribution in [0, 0.1) is 13.8 Å². The molecule has 1 fully saturated rings. The van der Waals surface area contributed by atoms with Gasteiger partial charge in [0, 0.05) is 54.3 Å². The number of aliphatic imine (C=N–C) groups is 1. The van der Waals surface area contributed by atoms with Crippen LogP contribution in [0.25, 0.3) is 0 Å². The molecule has 11 heteroatoms. The lowest BCUT2D eigenvalue weighted by Gasteiger charge is -2.37. The van der Waals surface area contributed by atoms with Gasteiger partial charge in [-0.3, -0.25) is 5.32 Å². The van der Waals surface area contributed by atoms with Crippen LogP contribution in [-0.2, 0) is 0 Å². The zero-order valence-electron chi connectivity index (χ0n) is 21.3. The average Bonchev–Trinajstić information content (AvgIpc) is 2.88. The Labute approximate surface area is 227 Å². The van der Waals surface area contributed by atoms with Crippen molar-refractivity contribution in [1.82, 2.24) is 14.9 Å². The molecule has 0 saturated carbocycles. The lowest BCUT2D eigenvalue weighted by atomic mass is 10.2. The van der Waals surface area contributed by atoms with Gasteiger partial charge in [0.25, 0.3) is 0 Å². The molecular formula is C26H30ClN7O2S. The Hall–Kier alpha value is -3.63. The zero-order chi connectivity index (χ0) is 26.4. The molecule has 1 aromatic heterocycles. The number of methoxy groups -OCH3 is 2. The number of nitrogens with one attached hydrogen (secondary N) is 2. The molecule has 0 spiro atoms. The molecule has 194 valence electrons. The predicted octanol–water partition coefficient (Wildman–Crippen LogP) is 4.75. The Morgan fingerprint density at radius 3 is 2.32 bits per heavy atom. The minimum atomic E-state index is 0.260. The highest BCUT2D eigenvalue weighted by Gasteiger charge is 2.22. The third-order valence-corrected chi connectivity index (χ3v) is 6.24. The summed E-state index contributed by atoms with van der Waals surface area (Å²) >= 11 is 11.8. The summed E-state index contributed by atoms with van der Waals surface area (Å²) in [6.07, 6.45) is 0. The van der Waals surface area contributed by atoms with Gasteiger partial charge in [0.2, 0.25) is 17.0 Å². The Kier molecular flexibility index (Phi) is 8.62. The van der Waals surface area contributed by atoms with Gasteiger partial charge in [-0.25, -0.2) is 9.97 Å². The second kappa shape index (κ2) is 12.1. The monoisotopic (exact) mass is 539 g/mol. The number of anilines is 3. The number of guanidine groups is 1. The van der Waals surface area contributed by atoms with Gasteiger partial charge in [0.15, 0.2) is 0 Å². The summed E-state index contributed by atoms with van der Waals surface area (Å²) < 4.78 is 10.8. The zero-order valence-corrected chi connectivity index (χ0v) is 22.9. The van der Waals surface area contributed by atoms with Crippen LogP contribution in [0.5, 0.6) is 11.5 Å². The van der Waals surface area contributed by atoms with E-state index >= 15 is 0 Å². The number of piperazine rings is 1. The molecular weight excluding hydrogens is 510 g/mol. The van der Waals surface area contributed by atoms with Crippen molar-refractivity contribution >= 4 is 52.2 Å². The van der Waals surface area contributed by atoms with Crippen molar-refractivity contribution in [3.63, 3.8) is 0 Å². The van der Waals surface area contributed by atoms with Crippen LogP contribution in [0.1, 0.15) is 11.4 Å². The maximum absolute atomic E-state index is 6.21. The lowest BCUT2D eigenvalue weighted by Crippen LogP contribution is -2.51. The fourth-order valence-electron chi connectivity index (χ4n) is 4.06. The average molecular weight is 540 g/mol. The van der Waals surface area contributed by atoms with Crippen LogP contribution in [0.4, 0.5) is 17.3 Å². The summed E-state index contributed by atoms with van der Waals surface area (Å²) in [7, 11) is 3.21. The molecule has 3 aromatic rings. The molecule has 0 aliphatic carbocycles. The third kappa shape index (κ3) is 6.99. The van der Waals surface area contributed by atoms with Gasteiger partial charge in [-0.05, 0) is 62.5 Å². The van der Waals surface area contributed by atoms with Crippen LogP contribution in [0.15, 0.2) is 53.5 Å². The topological polar surface area (TPSA) is 87.1 Å². The number of benzene rings is 2. The minimum absolute atomic E-state index is 0.260. The van der Waals surface area contributed by atoms with Crippen LogP contribution >= 0.6 is 23.8 Å². The van der Waals surface area contributed by atoms with Gasteiger partial charge in [-0.15, -0.1) is 0 Å². The van der Waals surface area contributed by atoms with Crippen LogP contribution < -0.4 is 25.0 Å². The van der Waals surface area contributed by atoms with Crippen molar-refractivity contribution < 1.29 is 9.47 Å². The normalized spacial score (nSPS) is 13.8. The molecule has 2 heterocycles. The van der Waals surface area contributed by atoms with Crippen LogP contribution in [0.3, 0.4) is 0 Å². The summed E-state index contributed by atoms with van der Waals surface area (Å²) in [5.74, 6) is 2.33. The molecule has 2 N–H and O–H groups in total. The number of aromatic nitrogens is 2. The number of nitrogens with zero attached hydrogens (tertiary/aromatic N) is 5. The molecule has 37 heavy (non-hydrogen) atoms. The van der Waals surface area contributed by atoms with E-state index < -0.39 is 0 Å². The highest BCUT2D eigenvalue weighted by Crippen LogP contribution is 2.29. The molecule has 0 radical (unpaired) electrons. The number of aryl methyl sites for hydroxylation is 2. The summed E-state index contributed by atoms with van der Waals surface area (Å²) in [4.78, 5) is 18.2. The van der Waals surface area contributed by atoms with Gasteiger partial charge in [-0.1, -0.05) is 17.7 Å². The minimum Gasteiger partial charge on any atom is -0.497 e. The fraction of sp³-hybridized carbons (Fsp3) is 0.308. The van der Waals surface area contributed by atoms with Gasteiger partial charge in [0.1, 0.15) is 11.5 Å². The van der Waals surface area contributed by atoms with Crippen LogP contribution in [0.2, 0.25) is 5.02 Å². The van der Waals surface area contributed by atoms with Gasteiger partial charge >= 0.3 is 0 Å². The first-order valence-corrected chi connectivity index (χ1v) is 12.6.